The van der Waals surface area contributed by atoms with Gasteiger partial charge < -0.3 is 14.4 Å². The standard InChI is InChI=1S/C23H27N3O5/c27-20-9-8-18(24-25-20)21(28)26-13-11-23(12-14-26)10-4-3-6-17-5-1-2-7-19(17)30-15-16-31-22(23)29/h1-2,5,7-9H,3-4,6,10-16H2,(H,25,27). The number of aromatic nitrogens is 2. The van der Waals surface area contributed by atoms with E-state index in [0.717, 1.165) is 31.4 Å². The molecular weight excluding hydrogens is 398 g/mol. The fourth-order valence-corrected chi connectivity index (χ4v) is 4.39. The number of H-pyrrole nitrogens is 1. The molecule has 2 aliphatic heterocycles. The summed E-state index contributed by atoms with van der Waals surface area (Å²) in [6.45, 7) is 1.43. The fraction of sp³-hybridized carbons (Fsp3) is 0.478. The maximum atomic E-state index is 13.0. The Balaban J connectivity index is 1.42. The lowest BCUT2D eigenvalue weighted by molar-refractivity contribution is -0.160. The molecule has 1 fully saturated rings. The molecule has 1 saturated heterocycles. The molecule has 8 nitrogen and oxygen atoms in total. The predicted octanol–water partition coefficient (Wildman–Crippen LogP) is 2.34. The monoisotopic (exact) mass is 425 g/mol. The number of ether oxygens (including phenoxy) is 2. The van der Waals surface area contributed by atoms with E-state index in [-0.39, 0.29) is 29.7 Å². The van der Waals surface area contributed by atoms with Crippen LogP contribution in [0, 0.1) is 5.41 Å². The van der Waals surface area contributed by atoms with E-state index in [1.54, 1.807) is 4.90 Å². The number of nitrogens with zero attached hydrogens (tertiary/aromatic N) is 2. The normalized spacial score (nSPS) is 19.4. The molecule has 1 aromatic heterocycles. The first-order valence-electron chi connectivity index (χ1n) is 10.8. The zero-order valence-corrected chi connectivity index (χ0v) is 17.5. The molecule has 0 bridgehead atoms. The zero-order valence-electron chi connectivity index (χ0n) is 17.5. The van der Waals surface area contributed by atoms with Crippen LogP contribution >= 0.6 is 0 Å². The number of fused-ring (bicyclic) bond motifs is 1. The highest BCUT2D eigenvalue weighted by Gasteiger charge is 2.43. The summed E-state index contributed by atoms with van der Waals surface area (Å²) >= 11 is 0. The van der Waals surface area contributed by atoms with Crippen LogP contribution < -0.4 is 10.3 Å². The number of esters is 1. The minimum atomic E-state index is -0.575. The summed E-state index contributed by atoms with van der Waals surface area (Å²) in [6, 6.07) is 10.7. The third kappa shape index (κ3) is 4.78. The van der Waals surface area contributed by atoms with Crippen molar-refractivity contribution in [3.63, 3.8) is 0 Å². The Morgan fingerprint density at radius 2 is 1.74 bits per heavy atom. The van der Waals surface area contributed by atoms with Gasteiger partial charge in [0.25, 0.3) is 11.5 Å². The van der Waals surface area contributed by atoms with Gasteiger partial charge >= 0.3 is 5.97 Å². The molecule has 0 saturated carbocycles. The first kappa shape index (κ1) is 21.1. The van der Waals surface area contributed by atoms with Gasteiger partial charge in [-0.15, -0.1) is 0 Å². The van der Waals surface area contributed by atoms with Crippen LogP contribution in [0.1, 0.15) is 48.2 Å². The summed E-state index contributed by atoms with van der Waals surface area (Å²) < 4.78 is 11.4. The van der Waals surface area contributed by atoms with E-state index in [1.807, 2.05) is 18.2 Å². The number of hydrogen-bond acceptors (Lipinski definition) is 6. The summed E-state index contributed by atoms with van der Waals surface area (Å²) in [7, 11) is 0. The van der Waals surface area contributed by atoms with E-state index in [1.165, 1.54) is 17.7 Å². The molecule has 31 heavy (non-hydrogen) atoms. The predicted molar refractivity (Wildman–Crippen MR) is 113 cm³/mol. The lowest BCUT2D eigenvalue weighted by Gasteiger charge is -2.40. The van der Waals surface area contributed by atoms with E-state index in [0.29, 0.717) is 32.5 Å². The number of cyclic esters (lactones) is 1. The minimum Gasteiger partial charge on any atom is -0.490 e. The van der Waals surface area contributed by atoms with Gasteiger partial charge in [0.15, 0.2) is 0 Å². The molecule has 1 spiro atoms. The van der Waals surface area contributed by atoms with Crippen LogP contribution in [0.25, 0.3) is 0 Å². The van der Waals surface area contributed by atoms with E-state index < -0.39 is 5.41 Å². The molecule has 1 amide bonds. The van der Waals surface area contributed by atoms with Crippen molar-refractivity contribution in [1.29, 1.82) is 0 Å². The van der Waals surface area contributed by atoms with Crippen LogP contribution in [-0.4, -0.2) is 53.3 Å². The molecule has 2 aromatic rings. The smallest absolute Gasteiger partial charge is 0.312 e. The number of rotatable bonds is 1. The largest absolute Gasteiger partial charge is 0.490 e. The Morgan fingerprint density at radius 3 is 2.52 bits per heavy atom. The van der Waals surface area contributed by atoms with E-state index in [4.69, 9.17) is 9.47 Å². The van der Waals surface area contributed by atoms with Crippen molar-refractivity contribution in [1.82, 2.24) is 15.1 Å². The third-order valence-corrected chi connectivity index (χ3v) is 6.24. The fourth-order valence-electron chi connectivity index (χ4n) is 4.39. The van der Waals surface area contributed by atoms with Gasteiger partial charge in [0, 0.05) is 19.2 Å². The second-order valence-electron chi connectivity index (χ2n) is 8.18. The number of benzene rings is 1. The highest BCUT2D eigenvalue weighted by Crippen LogP contribution is 2.39. The van der Waals surface area contributed by atoms with Gasteiger partial charge in [-0.3, -0.25) is 14.4 Å². The molecule has 1 aromatic carbocycles. The summed E-state index contributed by atoms with van der Waals surface area (Å²) in [5.41, 5.74) is 0.454. The number of carbonyl (C=O) groups excluding carboxylic acids is 2. The number of amides is 1. The average Bonchev–Trinajstić information content (AvgIpc) is 2.80. The van der Waals surface area contributed by atoms with Crippen LogP contribution in [0.3, 0.4) is 0 Å². The number of piperidine rings is 1. The van der Waals surface area contributed by atoms with Gasteiger partial charge in [-0.2, -0.15) is 5.10 Å². The van der Waals surface area contributed by atoms with Crippen LogP contribution in [0.4, 0.5) is 0 Å². The van der Waals surface area contributed by atoms with Crippen molar-refractivity contribution in [3.05, 3.63) is 58.0 Å². The van der Waals surface area contributed by atoms with Gasteiger partial charge in [-0.1, -0.05) is 24.6 Å². The maximum absolute atomic E-state index is 13.0. The van der Waals surface area contributed by atoms with Gasteiger partial charge in [0.1, 0.15) is 24.7 Å². The highest BCUT2D eigenvalue weighted by molar-refractivity contribution is 5.92. The number of hydrogen-bond donors (Lipinski definition) is 1. The SMILES string of the molecule is O=C(c1ccc(=O)[nH]n1)N1CCC2(CCCCc3ccccc3OCCOC2=O)CC1. The van der Waals surface area contributed by atoms with Crippen LogP contribution in [0.2, 0.25) is 0 Å². The lowest BCUT2D eigenvalue weighted by Crippen LogP contribution is -2.47. The Kier molecular flexibility index (Phi) is 6.34. The number of para-hydroxylation sites is 1. The van der Waals surface area contributed by atoms with Gasteiger partial charge in [-0.25, -0.2) is 5.10 Å². The van der Waals surface area contributed by atoms with Crippen molar-refractivity contribution in [2.24, 2.45) is 5.41 Å². The summed E-state index contributed by atoms with van der Waals surface area (Å²) in [6.07, 6.45) is 4.62. The first-order chi connectivity index (χ1) is 15.1. The summed E-state index contributed by atoms with van der Waals surface area (Å²) in [5.74, 6) is 0.424. The van der Waals surface area contributed by atoms with Gasteiger partial charge in [0.2, 0.25) is 0 Å². The van der Waals surface area contributed by atoms with Crippen LogP contribution in [-0.2, 0) is 16.0 Å². The minimum absolute atomic E-state index is 0.195. The van der Waals surface area contributed by atoms with Crippen molar-refractivity contribution in [3.8, 4) is 5.75 Å². The second kappa shape index (κ2) is 9.32. The molecule has 164 valence electrons. The van der Waals surface area contributed by atoms with E-state index in [9.17, 15) is 14.4 Å². The molecule has 0 unspecified atom stereocenters. The molecule has 4 rings (SSSR count). The number of nitrogens with one attached hydrogen (secondary N) is 1. The van der Waals surface area contributed by atoms with E-state index >= 15 is 0 Å². The maximum Gasteiger partial charge on any atom is 0.312 e. The van der Waals surface area contributed by atoms with Crippen molar-refractivity contribution in [2.45, 2.75) is 38.5 Å². The molecule has 2 aliphatic rings. The van der Waals surface area contributed by atoms with Crippen molar-refractivity contribution < 1.29 is 19.1 Å². The zero-order chi connectivity index (χ0) is 21.7. The number of aromatic amines is 1. The molecule has 1 N–H and O–H groups in total. The molecule has 8 heteroatoms. The highest BCUT2D eigenvalue weighted by atomic mass is 16.6. The van der Waals surface area contributed by atoms with Crippen molar-refractivity contribution >= 4 is 11.9 Å². The average molecular weight is 425 g/mol. The quantitative estimate of drug-likeness (QED) is 0.704. The molecule has 0 aliphatic carbocycles. The van der Waals surface area contributed by atoms with Gasteiger partial charge in [-0.05, 0) is 49.8 Å². The van der Waals surface area contributed by atoms with Crippen LogP contribution in [0.5, 0.6) is 5.75 Å². The Bertz CT molecular complexity index is 974. The molecule has 0 atom stereocenters. The second-order valence-corrected chi connectivity index (χ2v) is 8.18. The Morgan fingerprint density at radius 1 is 0.968 bits per heavy atom. The lowest BCUT2D eigenvalue weighted by atomic mass is 9.74. The van der Waals surface area contributed by atoms with Crippen LogP contribution in [0.15, 0.2) is 41.2 Å². The number of aryl methyl sites for hydroxylation is 1. The molecule has 0 radical (unpaired) electrons. The first-order valence-corrected chi connectivity index (χ1v) is 10.8. The molecular formula is C23H27N3O5. The van der Waals surface area contributed by atoms with Gasteiger partial charge in [0.05, 0.1) is 5.41 Å². The summed E-state index contributed by atoms with van der Waals surface area (Å²) in [4.78, 5) is 38.6. The topological polar surface area (TPSA) is 102 Å². The Labute approximate surface area is 180 Å². The Hall–Kier alpha value is -3.16. The van der Waals surface area contributed by atoms with E-state index in [2.05, 4.69) is 16.3 Å². The third-order valence-electron chi connectivity index (χ3n) is 6.24. The number of likely N-dealkylation sites (tertiary alicyclic amines) is 1. The summed E-state index contributed by atoms with van der Waals surface area (Å²) in [5, 5.41) is 6.12. The van der Waals surface area contributed by atoms with Crippen molar-refractivity contribution in [2.75, 3.05) is 26.3 Å². The molecule has 3 heterocycles. The number of carbonyl (C=O) groups is 2.